The van der Waals surface area contributed by atoms with Gasteiger partial charge in [0.25, 0.3) is 11.1 Å². The third-order valence-corrected chi connectivity index (χ3v) is 7.38. The minimum Gasteiger partial charge on any atom is -0.337 e. The molecule has 1 aliphatic heterocycles. The van der Waals surface area contributed by atoms with E-state index in [-0.39, 0.29) is 34.3 Å². The number of benzene rings is 3. The number of amides is 3. The van der Waals surface area contributed by atoms with Gasteiger partial charge in [-0.15, -0.1) is 0 Å². The molecule has 0 spiro atoms. The molecule has 5 rings (SSSR count). The van der Waals surface area contributed by atoms with Crippen LogP contribution in [0.25, 0.3) is 17.0 Å². The Balaban J connectivity index is 1.39. The second-order valence-electron chi connectivity index (χ2n) is 8.83. The Morgan fingerprint density at radius 3 is 2.50 bits per heavy atom. The lowest BCUT2D eigenvalue weighted by Crippen LogP contribution is -2.27. The molecule has 0 atom stereocenters. The number of thioether (sulfide) groups is 1. The molecule has 0 aliphatic carbocycles. The summed E-state index contributed by atoms with van der Waals surface area (Å²) in [6.07, 6.45) is -1.49. The van der Waals surface area contributed by atoms with Gasteiger partial charge in [0.05, 0.1) is 27.7 Å². The van der Waals surface area contributed by atoms with Crippen LogP contribution in [0.4, 0.5) is 28.0 Å². The fraction of sp³-hybridized carbons (Fsp3) is 0.107. The van der Waals surface area contributed by atoms with Gasteiger partial charge < -0.3 is 9.88 Å². The summed E-state index contributed by atoms with van der Waals surface area (Å²) in [6, 6.07) is 15.5. The van der Waals surface area contributed by atoms with E-state index in [2.05, 4.69) is 5.32 Å². The zero-order chi connectivity index (χ0) is 28.6. The van der Waals surface area contributed by atoms with E-state index < -0.39 is 34.6 Å². The molecule has 3 aromatic carbocycles. The number of aromatic nitrogens is 1. The zero-order valence-corrected chi connectivity index (χ0v) is 21.9. The van der Waals surface area contributed by atoms with Crippen LogP contribution in [-0.2, 0) is 28.9 Å². The Morgan fingerprint density at radius 1 is 1.02 bits per heavy atom. The van der Waals surface area contributed by atoms with Crippen LogP contribution in [0.1, 0.15) is 16.7 Å². The molecule has 1 aliphatic rings. The van der Waals surface area contributed by atoms with Crippen LogP contribution in [0, 0.1) is 5.82 Å². The molecule has 0 radical (unpaired) electrons. The predicted octanol–water partition coefficient (Wildman–Crippen LogP) is 7.33. The van der Waals surface area contributed by atoms with Gasteiger partial charge >= 0.3 is 6.18 Å². The number of imide groups is 1. The highest BCUT2D eigenvalue weighted by atomic mass is 35.5. The summed E-state index contributed by atoms with van der Waals surface area (Å²) in [5.74, 6) is -1.73. The maximum atomic E-state index is 14.1. The van der Waals surface area contributed by atoms with Crippen molar-refractivity contribution in [2.24, 2.45) is 0 Å². The van der Waals surface area contributed by atoms with Gasteiger partial charge in [-0.25, -0.2) is 4.39 Å². The lowest BCUT2D eigenvalue weighted by molar-refractivity contribution is -0.137. The first-order valence-electron chi connectivity index (χ1n) is 11.7. The minimum absolute atomic E-state index is 0.0505. The number of halogens is 5. The maximum Gasteiger partial charge on any atom is 0.416 e. The quantitative estimate of drug-likeness (QED) is 0.189. The standard InChI is InChI=1S/C28H18ClF4N3O3S/c29-20-10-9-18(28(31,32)33)12-22(20)34-25(37)15-35-13-17(19-6-2-4-8-23(19)35)11-24-26(38)36(27(39)40-24)14-16-5-1-3-7-21(16)30/h1-13H,14-15H2,(H,34,37)/b24-11+. The monoisotopic (exact) mass is 587 g/mol. The average molecular weight is 588 g/mol. The number of nitrogens with one attached hydrogen (secondary N) is 1. The van der Waals surface area contributed by atoms with Gasteiger partial charge in [0.15, 0.2) is 0 Å². The summed E-state index contributed by atoms with van der Waals surface area (Å²) in [4.78, 5) is 39.5. The maximum absolute atomic E-state index is 14.1. The Kier molecular flexibility index (Phi) is 7.43. The molecular weight excluding hydrogens is 570 g/mol. The average Bonchev–Trinajstić information content (AvgIpc) is 3.37. The van der Waals surface area contributed by atoms with Crippen molar-refractivity contribution in [2.75, 3.05) is 5.32 Å². The van der Waals surface area contributed by atoms with Crippen LogP contribution in [0.15, 0.2) is 77.8 Å². The number of fused-ring (bicyclic) bond motifs is 1. The van der Waals surface area contributed by atoms with Crippen molar-refractivity contribution in [1.29, 1.82) is 0 Å². The van der Waals surface area contributed by atoms with E-state index in [4.69, 9.17) is 11.6 Å². The topological polar surface area (TPSA) is 71.4 Å². The molecule has 0 bridgehead atoms. The van der Waals surface area contributed by atoms with Crippen LogP contribution in [0.2, 0.25) is 5.02 Å². The zero-order valence-electron chi connectivity index (χ0n) is 20.3. The van der Waals surface area contributed by atoms with Gasteiger partial charge in [0.2, 0.25) is 5.91 Å². The van der Waals surface area contributed by atoms with Crippen LogP contribution < -0.4 is 5.32 Å². The number of rotatable bonds is 6. The molecule has 0 saturated carbocycles. The summed E-state index contributed by atoms with van der Waals surface area (Å²) >= 11 is 6.72. The van der Waals surface area contributed by atoms with Crippen molar-refractivity contribution in [2.45, 2.75) is 19.3 Å². The van der Waals surface area contributed by atoms with E-state index in [1.54, 1.807) is 41.1 Å². The third-order valence-electron chi connectivity index (χ3n) is 6.15. The van der Waals surface area contributed by atoms with E-state index in [9.17, 15) is 31.9 Å². The third kappa shape index (κ3) is 5.61. The molecule has 1 saturated heterocycles. The number of alkyl halides is 3. The smallest absolute Gasteiger partial charge is 0.337 e. The number of hydrogen-bond acceptors (Lipinski definition) is 4. The molecule has 1 aromatic heterocycles. The first-order chi connectivity index (χ1) is 19.0. The Morgan fingerprint density at radius 2 is 1.75 bits per heavy atom. The molecule has 3 amide bonds. The first kappa shape index (κ1) is 27.5. The van der Waals surface area contributed by atoms with Crippen molar-refractivity contribution in [3.05, 3.63) is 105 Å². The van der Waals surface area contributed by atoms with Crippen LogP contribution in [0.5, 0.6) is 0 Å². The molecule has 1 fully saturated rings. The Hall–Kier alpha value is -4.09. The first-order valence-corrected chi connectivity index (χ1v) is 12.9. The van der Waals surface area contributed by atoms with E-state index in [0.29, 0.717) is 16.5 Å². The van der Waals surface area contributed by atoms with E-state index in [0.717, 1.165) is 34.9 Å². The number of carbonyl (C=O) groups is 3. The predicted molar refractivity (Wildman–Crippen MR) is 145 cm³/mol. The number of hydrogen-bond donors (Lipinski definition) is 1. The molecule has 6 nitrogen and oxygen atoms in total. The molecule has 2 heterocycles. The van der Waals surface area contributed by atoms with Gasteiger partial charge in [-0.1, -0.05) is 48.0 Å². The molecule has 1 N–H and O–H groups in total. The second kappa shape index (κ2) is 10.8. The molecule has 12 heteroatoms. The van der Waals surface area contributed by atoms with Crippen molar-refractivity contribution >= 4 is 63.1 Å². The summed E-state index contributed by atoms with van der Waals surface area (Å²) in [7, 11) is 0. The second-order valence-corrected chi connectivity index (χ2v) is 10.2. The molecular formula is C28H18ClF4N3O3S. The summed E-state index contributed by atoms with van der Waals surface area (Å²) in [6.45, 7) is -0.482. The van der Waals surface area contributed by atoms with Gasteiger partial charge in [-0.3, -0.25) is 19.3 Å². The number of para-hydroxylation sites is 1. The summed E-state index contributed by atoms with van der Waals surface area (Å²) in [5, 5.41) is 2.50. The minimum atomic E-state index is -4.61. The largest absolute Gasteiger partial charge is 0.416 e. The highest BCUT2D eigenvalue weighted by molar-refractivity contribution is 8.18. The van der Waals surface area contributed by atoms with Crippen molar-refractivity contribution < 1.29 is 31.9 Å². The van der Waals surface area contributed by atoms with Gasteiger partial charge in [-0.05, 0) is 48.2 Å². The van der Waals surface area contributed by atoms with Crippen molar-refractivity contribution in [3.8, 4) is 0 Å². The lowest BCUT2D eigenvalue weighted by Gasteiger charge is -2.12. The van der Waals surface area contributed by atoms with Crippen molar-refractivity contribution in [1.82, 2.24) is 9.47 Å². The van der Waals surface area contributed by atoms with E-state index in [1.165, 1.54) is 24.3 Å². The molecule has 204 valence electrons. The summed E-state index contributed by atoms with van der Waals surface area (Å²) < 4.78 is 55.0. The van der Waals surface area contributed by atoms with Crippen molar-refractivity contribution in [3.63, 3.8) is 0 Å². The number of anilines is 1. The Labute approximate surface area is 234 Å². The van der Waals surface area contributed by atoms with Crippen LogP contribution >= 0.6 is 23.4 Å². The molecule has 4 aromatic rings. The van der Waals surface area contributed by atoms with Gasteiger partial charge in [-0.2, -0.15) is 13.2 Å². The van der Waals surface area contributed by atoms with Crippen LogP contribution in [0.3, 0.4) is 0 Å². The fourth-order valence-corrected chi connectivity index (χ4v) is 5.23. The number of carbonyl (C=O) groups excluding carboxylic acids is 3. The molecule has 40 heavy (non-hydrogen) atoms. The van der Waals surface area contributed by atoms with Gasteiger partial charge in [0.1, 0.15) is 12.4 Å². The highest BCUT2D eigenvalue weighted by Gasteiger charge is 2.36. The lowest BCUT2D eigenvalue weighted by atomic mass is 10.1. The molecule has 0 unspecified atom stereocenters. The van der Waals surface area contributed by atoms with Gasteiger partial charge in [0, 0.05) is 28.2 Å². The normalized spacial score (nSPS) is 14.9. The van der Waals surface area contributed by atoms with Crippen LogP contribution in [-0.4, -0.2) is 26.5 Å². The number of nitrogens with zero attached hydrogens (tertiary/aromatic N) is 2. The fourth-order valence-electron chi connectivity index (χ4n) is 4.24. The van der Waals surface area contributed by atoms with E-state index in [1.807, 2.05) is 0 Å². The summed E-state index contributed by atoms with van der Waals surface area (Å²) in [5.41, 5.74) is 0.225. The SMILES string of the molecule is O=C(Cn1cc(/C=C2/SC(=O)N(Cc3ccccc3F)C2=O)c2ccccc21)Nc1cc(C(F)(F)F)ccc1Cl. The Bertz CT molecular complexity index is 1700. The highest BCUT2D eigenvalue weighted by Crippen LogP contribution is 2.36. The van der Waals surface area contributed by atoms with E-state index >= 15 is 0 Å².